The minimum Gasteiger partial charge on any atom is -0.343 e. The molecular weight excluding hydrogens is 216 g/mol. The van der Waals surface area contributed by atoms with Gasteiger partial charge < -0.3 is 10.2 Å². The predicted molar refractivity (Wildman–Crippen MR) is 67.5 cm³/mol. The van der Waals surface area contributed by atoms with E-state index < -0.39 is 0 Å². The van der Waals surface area contributed by atoms with Crippen LogP contribution in [0.2, 0.25) is 0 Å². The van der Waals surface area contributed by atoms with E-state index >= 15 is 0 Å². The van der Waals surface area contributed by atoms with E-state index in [0.29, 0.717) is 0 Å². The standard InChI is InChI=1S/C13H24N2O2/c1-4-7-10(6-3)15-9-12(16)14-11(8-5-2)13(15)17/h10-11H,4-9H2,1-3H3,(H,14,16). The summed E-state index contributed by atoms with van der Waals surface area (Å²) in [5.74, 6) is 0.0874. The number of piperazine rings is 1. The van der Waals surface area contributed by atoms with Crippen LogP contribution in [0.25, 0.3) is 0 Å². The van der Waals surface area contributed by atoms with Crippen molar-refractivity contribution < 1.29 is 9.59 Å². The lowest BCUT2D eigenvalue weighted by Gasteiger charge is -2.37. The van der Waals surface area contributed by atoms with Crippen molar-refractivity contribution in [3.63, 3.8) is 0 Å². The van der Waals surface area contributed by atoms with Gasteiger partial charge in [-0.15, -0.1) is 0 Å². The molecule has 2 unspecified atom stereocenters. The Bertz CT molecular complexity index is 279. The highest BCUT2D eigenvalue weighted by molar-refractivity contribution is 5.95. The number of carbonyl (C=O) groups is 2. The van der Waals surface area contributed by atoms with Gasteiger partial charge in [-0.3, -0.25) is 9.59 Å². The van der Waals surface area contributed by atoms with E-state index in [1.807, 2.05) is 6.92 Å². The maximum atomic E-state index is 12.2. The first-order chi connectivity index (χ1) is 8.13. The van der Waals surface area contributed by atoms with Gasteiger partial charge >= 0.3 is 0 Å². The Balaban J connectivity index is 2.75. The van der Waals surface area contributed by atoms with Crippen molar-refractivity contribution in [3.05, 3.63) is 0 Å². The third-order valence-electron chi connectivity index (χ3n) is 3.34. The van der Waals surface area contributed by atoms with Crippen LogP contribution < -0.4 is 5.32 Å². The molecule has 0 spiro atoms. The van der Waals surface area contributed by atoms with Crippen LogP contribution in [0.15, 0.2) is 0 Å². The van der Waals surface area contributed by atoms with E-state index in [4.69, 9.17) is 0 Å². The second-order valence-electron chi connectivity index (χ2n) is 4.73. The number of rotatable bonds is 6. The average Bonchev–Trinajstić information content (AvgIpc) is 2.31. The van der Waals surface area contributed by atoms with Gasteiger partial charge in [0, 0.05) is 6.04 Å². The van der Waals surface area contributed by atoms with E-state index in [-0.39, 0.29) is 30.4 Å². The van der Waals surface area contributed by atoms with E-state index in [1.54, 1.807) is 4.90 Å². The highest BCUT2D eigenvalue weighted by atomic mass is 16.2. The molecule has 17 heavy (non-hydrogen) atoms. The number of nitrogens with one attached hydrogen (secondary N) is 1. The number of nitrogens with zero attached hydrogens (tertiary/aromatic N) is 1. The zero-order valence-electron chi connectivity index (χ0n) is 11.2. The number of hydrogen-bond donors (Lipinski definition) is 1. The summed E-state index contributed by atoms with van der Waals surface area (Å²) >= 11 is 0. The van der Waals surface area contributed by atoms with Crippen molar-refractivity contribution in [1.82, 2.24) is 10.2 Å². The first kappa shape index (κ1) is 14.0. The predicted octanol–water partition coefficient (Wildman–Crippen LogP) is 1.69. The van der Waals surface area contributed by atoms with Crippen molar-refractivity contribution in [2.45, 2.75) is 65.0 Å². The fraction of sp³-hybridized carbons (Fsp3) is 0.846. The summed E-state index contributed by atoms with van der Waals surface area (Å²) in [7, 11) is 0. The highest BCUT2D eigenvalue weighted by Crippen LogP contribution is 2.16. The minimum atomic E-state index is -0.299. The van der Waals surface area contributed by atoms with Gasteiger partial charge in [0.15, 0.2) is 0 Å². The van der Waals surface area contributed by atoms with E-state index in [2.05, 4.69) is 19.2 Å². The van der Waals surface area contributed by atoms with E-state index in [1.165, 1.54) is 0 Å². The molecule has 0 aliphatic carbocycles. The fourth-order valence-electron chi connectivity index (χ4n) is 2.44. The van der Waals surface area contributed by atoms with E-state index in [0.717, 1.165) is 32.1 Å². The molecule has 0 aromatic heterocycles. The lowest BCUT2D eigenvalue weighted by atomic mass is 10.0. The molecule has 1 heterocycles. The molecule has 0 radical (unpaired) electrons. The number of carbonyl (C=O) groups excluding carboxylic acids is 2. The second kappa shape index (κ2) is 6.62. The normalized spacial score (nSPS) is 22.5. The third-order valence-corrected chi connectivity index (χ3v) is 3.34. The molecule has 2 amide bonds. The number of hydrogen-bond acceptors (Lipinski definition) is 2. The third kappa shape index (κ3) is 3.45. The Morgan fingerprint density at radius 2 is 2.00 bits per heavy atom. The lowest BCUT2D eigenvalue weighted by Crippen LogP contribution is -2.60. The molecule has 0 aromatic rings. The van der Waals surface area contributed by atoms with Crippen molar-refractivity contribution in [2.75, 3.05) is 6.54 Å². The SMILES string of the molecule is CCCC1NC(=O)CN(C(CC)CCC)C1=O. The van der Waals surface area contributed by atoms with Crippen LogP contribution in [0.4, 0.5) is 0 Å². The van der Waals surface area contributed by atoms with Crippen LogP contribution in [-0.2, 0) is 9.59 Å². The van der Waals surface area contributed by atoms with Crippen LogP contribution in [0.1, 0.15) is 52.9 Å². The van der Waals surface area contributed by atoms with Gasteiger partial charge in [-0.25, -0.2) is 0 Å². The zero-order chi connectivity index (χ0) is 12.8. The van der Waals surface area contributed by atoms with Gasteiger partial charge in [0.25, 0.3) is 0 Å². The summed E-state index contributed by atoms with van der Waals surface area (Å²) in [5.41, 5.74) is 0. The molecular formula is C13H24N2O2. The Labute approximate surface area is 104 Å². The van der Waals surface area contributed by atoms with Crippen LogP contribution in [0.5, 0.6) is 0 Å². The summed E-state index contributed by atoms with van der Waals surface area (Å²) < 4.78 is 0. The molecule has 98 valence electrons. The van der Waals surface area contributed by atoms with Crippen molar-refractivity contribution in [1.29, 1.82) is 0 Å². The summed E-state index contributed by atoms with van der Waals surface area (Å²) in [4.78, 5) is 25.7. The minimum absolute atomic E-state index is 0.0161. The monoisotopic (exact) mass is 240 g/mol. The number of amides is 2. The van der Waals surface area contributed by atoms with Crippen molar-refractivity contribution in [3.8, 4) is 0 Å². The maximum absolute atomic E-state index is 12.2. The Hall–Kier alpha value is -1.06. The second-order valence-corrected chi connectivity index (χ2v) is 4.73. The molecule has 4 heteroatoms. The zero-order valence-corrected chi connectivity index (χ0v) is 11.2. The first-order valence-electron chi connectivity index (χ1n) is 6.73. The largest absolute Gasteiger partial charge is 0.343 e. The van der Waals surface area contributed by atoms with Gasteiger partial charge in [-0.05, 0) is 19.3 Å². The van der Waals surface area contributed by atoms with Crippen molar-refractivity contribution >= 4 is 11.8 Å². The lowest BCUT2D eigenvalue weighted by molar-refractivity contribution is -0.147. The first-order valence-corrected chi connectivity index (χ1v) is 6.73. The molecule has 1 N–H and O–H groups in total. The van der Waals surface area contributed by atoms with Gasteiger partial charge in [-0.1, -0.05) is 33.6 Å². The van der Waals surface area contributed by atoms with Gasteiger partial charge in [-0.2, -0.15) is 0 Å². The molecule has 1 saturated heterocycles. The van der Waals surface area contributed by atoms with Crippen LogP contribution in [0, 0.1) is 0 Å². The molecule has 2 atom stereocenters. The molecule has 0 saturated carbocycles. The molecule has 1 aliphatic rings. The summed E-state index contributed by atoms with van der Waals surface area (Å²) in [6.45, 7) is 6.45. The molecule has 0 bridgehead atoms. The summed E-state index contributed by atoms with van der Waals surface area (Å²) in [5, 5.41) is 2.79. The Kier molecular flexibility index (Phi) is 5.45. The van der Waals surface area contributed by atoms with Crippen LogP contribution in [0.3, 0.4) is 0 Å². The smallest absolute Gasteiger partial charge is 0.245 e. The average molecular weight is 240 g/mol. The van der Waals surface area contributed by atoms with Gasteiger partial charge in [0.2, 0.25) is 11.8 Å². The van der Waals surface area contributed by atoms with Gasteiger partial charge in [0.05, 0.1) is 6.54 Å². The van der Waals surface area contributed by atoms with Crippen molar-refractivity contribution in [2.24, 2.45) is 0 Å². The summed E-state index contributed by atoms with van der Waals surface area (Å²) in [6, 6.07) is -0.0786. The quantitative estimate of drug-likeness (QED) is 0.768. The highest BCUT2D eigenvalue weighted by Gasteiger charge is 2.34. The Morgan fingerprint density at radius 1 is 1.29 bits per heavy atom. The molecule has 1 fully saturated rings. The molecule has 4 nitrogen and oxygen atoms in total. The molecule has 0 aromatic carbocycles. The van der Waals surface area contributed by atoms with Crippen LogP contribution in [-0.4, -0.2) is 35.3 Å². The summed E-state index contributed by atoms with van der Waals surface area (Å²) in [6.07, 6.45) is 4.60. The Morgan fingerprint density at radius 3 is 2.53 bits per heavy atom. The fourth-order valence-corrected chi connectivity index (χ4v) is 2.44. The topological polar surface area (TPSA) is 49.4 Å². The molecule has 1 rings (SSSR count). The maximum Gasteiger partial charge on any atom is 0.245 e. The van der Waals surface area contributed by atoms with Gasteiger partial charge in [0.1, 0.15) is 6.04 Å². The molecule has 1 aliphatic heterocycles. The van der Waals surface area contributed by atoms with E-state index in [9.17, 15) is 9.59 Å². The van der Waals surface area contributed by atoms with Crippen LogP contribution >= 0.6 is 0 Å².